The molecule has 2 aromatic rings. The van der Waals surface area contributed by atoms with Crippen LogP contribution >= 0.6 is 0 Å². The first kappa shape index (κ1) is 30.7. The second kappa shape index (κ2) is 12.2. The molecule has 6 rings (SSSR count). The number of rotatable bonds is 7. The minimum absolute atomic E-state index is 0.0654. The summed E-state index contributed by atoms with van der Waals surface area (Å²) in [6, 6.07) is 21.8. The van der Waals surface area contributed by atoms with Crippen LogP contribution in [0.2, 0.25) is 0 Å². The number of carbonyl (C=O) groups excluding carboxylic acids is 1. The van der Waals surface area contributed by atoms with Crippen molar-refractivity contribution in [2.24, 2.45) is 58.2 Å². The number of hydrogen-bond donors (Lipinski definition) is 0. The fourth-order valence-corrected chi connectivity index (χ4v) is 11.6. The summed E-state index contributed by atoms with van der Waals surface area (Å²) >= 11 is 0. The minimum Gasteiger partial charge on any atom is -0.462 e. The SMILES string of the molecule is CC[C@H]1C(OC(C)=O)C2C3CC[C@H]([C@H](C)CC=C(c4ccccc4)c4ccccc4)[C@@]3(C)CCC2[C@@]2(C)CC[C@@H](C)C[C@@H]12. The Kier molecular flexibility index (Phi) is 8.71. The summed E-state index contributed by atoms with van der Waals surface area (Å²) in [5.74, 6) is 5.09. The highest BCUT2D eigenvalue weighted by Gasteiger charge is 2.65. The third-order valence-corrected chi connectivity index (χ3v) is 13.6. The van der Waals surface area contributed by atoms with E-state index in [2.05, 4.69) is 101 Å². The lowest BCUT2D eigenvalue weighted by molar-refractivity contribution is -0.213. The Morgan fingerprint density at radius 3 is 2.09 bits per heavy atom. The molecule has 0 saturated heterocycles. The van der Waals surface area contributed by atoms with Gasteiger partial charge in [-0.3, -0.25) is 4.79 Å². The summed E-state index contributed by atoms with van der Waals surface area (Å²) in [5, 5.41) is 0. The summed E-state index contributed by atoms with van der Waals surface area (Å²) in [4.78, 5) is 12.7. The number of fused-ring (bicyclic) bond motifs is 5. The standard InChI is InChI=1S/C41H56O2/c1-7-32-37-26-27(2)22-24-41(37,6)36-23-25-40(5)34(20-21-35(40)38(36)39(32)43-29(4)42)28(3)18-19-33(30-14-10-8-11-15-30)31-16-12-9-13-17-31/h8-17,19,27-28,32,34-39H,7,18,20-26H2,1-6H3/t27-,28-,32-,34-,35?,36?,37+,38?,39?,40-,41-/m1/s1. The smallest absolute Gasteiger partial charge is 0.302 e. The van der Waals surface area contributed by atoms with Gasteiger partial charge in [0.1, 0.15) is 6.10 Å². The Balaban J connectivity index is 1.29. The number of esters is 1. The second-order valence-corrected chi connectivity index (χ2v) is 15.7. The van der Waals surface area contributed by atoms with Gasteiger partial charge in [-0.05, 0) is 120 Å². The van der Waals surface area contributed by atoms with Crippen LogP contribution in [0.5, 0.6) is 0 Å². The summed E-state index contributed by atoms with van der Waals surface area (Å²) in [7, 11) is 0. The van der Waals surface area contributed by atoms with Gasteiger partial charge in [0.25, 0.3) is 0 Å². The Labute approximate surface area is 262 Å². The van der Waals surface area contributed by atoms with Crippen molar-refractivity contribution in [1.29, 1.82) is 0 Å². The molecule has 43 heavy (non-hydrogen) atoms. The Morgan fingerprint density at radius 1 is 0.884 bits per heavy atom. The maximum absolute atomic E-state index is 12.7. The van der Waals surface area contributed by atoms with E-state index in [0.29, 0.717) is 52.3 Å². The molecule has 0 bridgehead atoms. The highest BCUT2D eigenvalue weighted by molar-refractivity contribution is 5.79. The van der Waals surface area contributed by atoms with E-state index >= 15 is 0 Å². The molecule has 2 heteroatoms. The number of hydrogen-bond acceptors (Lipinski definition) is 2. The molecule has 11 atom stereocenters. The van der Waals surface area contributed by atoms with Gasteiger partial charge in [-0.2, -0.15) is 0 Å². The molecule has 232 valence electrons. The molecule has 0 aromatic heterocycles. The molecule has 0 N–H and O–H groups in total. The quantitative estimate of drug-likeness (QED) is 0.305. The number of carbonyl (C=O) groups is 1. The molecule has 4 fully saturated rings. The van der Waals surface area contributed by atoms with E-state index in [1.54, 1.807) is 6.92 Å². The fourth-order valence-electron chi connectivity index (χ4n) is 11.6. The van der Waals surface area contributed by atoms with Gasteiger partial charge in [-0.1, -0.05) is 108 Å². The molecule has 0 amide bonds. The van der Waals surface area contributed by atoms with Gasteiger partial charge in [0.2, 0.25) is 0 Å². The average Bonchev–Trinajstić information content (AvgIpc) is 3.36. The lowest BCUT2D eigenvalue weighted by Crippen LogP contribution is -2.62. The molecule has 4 aliphatic rings. The molecule has 4 aliphatic carbocycles. The van der Waals surface area contributed by atoms with Gasteiger partial charge < -0.3 is 4.74 Å². The van der Waals surface area contributed by atoms with E-state index in [1.165, 1.54) is 61.6 Å². The first-order valence-electron chi connectivity index (χ1n) is 17.7. The predicted molar refractivity (Wildman–Crippen MR) is 178 cm³/mol. The number of ether oxygens (including phenoxy) is 1. The number of allylic oxidation sites excluding steroid dienone is 1. The molecule has 0 spiro atoms. The van der Waals surface area contributed by atoms with E-state index < -0.39 is 0 Å². The lowest BCUT2D eigenvalue weighted by Gasteiger charge is -2.65. The monoisotopic (exact) mass is 580 g/mol. The molecule has 4 unspecified atom stereocenters. The highest BCUT2D eigenvalue weighted by atomic mass is 16.5. The van der Waals surface area contributed by atoms with Crippen LogP contribution in [0.1, 0.15) is 110 Å². The summed E-state index contributed by atoms with van der Waals surface area (Å²) in [6.45, 7) is 14.3. The molecule has 0 heterocycles. The van der Waals surface area contributed by atoms with Crippen LogP contribution in [-0.2, 0) is 9.53 Å². The van der Waals surface area contributed by atoms with Crippen molar-refractivity contribution in [1.82, 2.24) is 0 Å². The van der Waals surface area contributed by atoms with E-state index in [4.69, 9.17) is 4.74 Å². The molecule has 2 aromatic carbocycles. The van der Waals surface area contributed by atoms with Crippen LogP contribution in [-0.4, -0.2) is 12.1 Å². The summed E-state index contributed by atoms with van der Waals surface area (Å²) in [5.41, 5.74) is 4.67. The predicted octanol–water partition coefficient (Wildman–Crippen LogP) is 10.6. The third-order valence-electron chi connectivity index (χ3n) is 13.6. The Hall–Kier alpha value is -2.35. The van der Waals surface area contributed by atoms with Crippen LogP contribution in [0, 0.1) is 58.2 Å². The van der Waals surface area contributed by atoms with Crippen molar-refractivity contribution >= 4 is 11.5 Å². The number of benzene rings is 2. The summed E-state index contributed by atoms with van der Waals surface area (Å²) in [6.07, 6.45) is 14.1. The molecular formula is C41H56O2. The zero-order valence-corrected chi connectivity index (χ0v) is 27.7. The molecule has 4 saturated carbocycles. The Bertz CT molecular complexity index is 1240. The maximum atomic E-state index is 12.7. The maximum Gasteiger partial charge on any atom is 0.302 e. The van der Waals surface area contributed by atoms with E-state index in [1.807, 2.05) is 0 Å². The van der Waals surface area contributed by atoms with Gasteiger partial charge in [-0.25, -0.2) is 0 Å². The van der Waals surface area contributed by atoms with Crippen LogP contribution < -0.4 is 0 Å². The van der Waals surface area contributed by atoms with Gasteiger partial charge in [0.15, 0.2) is 0 Å². The topological polar surface area (TPSA) is 26.3 Å². The van der Waals surface area contributed by atoms with Gasteiger partial charge in [-0.15, -0.1) is 0 Å². The average molecular weight is 581 g/mol. The minimum atomic E-state index is -0.0654. The van der Waals surface area contributed by atoms with Crippen LogP contribution in [0.3, 0.4) is 0 Å². The molecule has 0 radical (unpaired) electrons. The van der Waals surface area contributed by atoms with Crippen molar-refractivity contribution in [3.8, 4) is 0 Å². The third kappa shape index (κ3) is 5.44. The van der Waals surface area contributed by atoms with Gasteiger partial charge in [0.05, 0.1) is 0 Å². The van der Waals surface area contributed by atoms with Crippen molar-refractivity contribution in [2.75, 3.05) is 0 Å². The first-order valence-corrected chi connectivity index (χ1v) is 17.7. The first-order chi connectivity index (χ1) is 20.7. The van der Waals surface area contributed by atoms with Crippen molar-refractivity contribution < 1.29 is 9.53 Å². The highest BCUT2D eigenvalue weighted by Crippen LogP contribution is 2.70. The van der Waals surface area contributed by atoms with Gasteiger partial charge >= 0.3 is 5.97 Å². The van der Waals surface area contributed by atoms with Crippen molar-refractivity contribution in [3.63, 3.8) is 0 Å². The van der Waals surface area contributed by atoms with Crippen LogP contribution in [0.25, 0.3) is 5.57 Å². The van der Waals surface area contributed by atoms with Crippen LogP contribution in [0.4, 0.5) is 0 Å². The van der Waals surface area contributed by atoms with E-state index in [-0.39, 0.29) is 12.1 Å². The summed E-state index contributed by atoms with van der Waals surface area (Å²) < 4.78 is 6.47. The van der Waals surface area contributed by atoms with E-state index in [9.17, 15) is 4.79 Å². The molecule has 2 nitrogen and oxygen atoms in total. The zero-order valence-electron chi connectivity index (χ0n) is 27.7. The largest absolute Gasteiger partial charge is 0.462 e. The van der Waals surface area contributed by atoms with Crippen molar-refractivity contribution in [3.05, 3.63) is 77.9 Å². The fraction of sp³-hybridized carbons (Fsp3) is 0.634. The van der Waals surface area contributed by atoms with Crippen molar-refractivity contribution in [2.45, 2.75) is 105 Å². The van der Waals surface area contributed by atoms with Gasteiger partial charge in [0, 0.05) is 12.8 Å². The molecule has 0 aliphatic heterocycles. The molecular weight excluding hydrogens is 524 g/mol. The normalized spacial score (nSPS) is 39.1. The van der Waals surface area contributed by atoms with Crippen LogP contribution in [0.15, 0.2) is 66.7 Å². The lowest BCUT2D eigenvalue weighted by atomic mass is 9.41. The zero-order chi connectivity index (χ0) is 30.4. The van der Waals surface area contributed by atoms with E-state index in [0.717, 1.165) is 18.8 Å². The second-order valence-electron chi connectivity index (χ2n) is 15.7. The Morgan fingerprint density at radius 2 is 1.49 bits per heavy atom.